The van der Waals surface area contributed by atoms with Crippen LogP contribution in [0.25, 0.3) is 0 Å². The molecule has 0 unspecified atom stereocenters. The molecule has 1 amide bonds. The van der Waals surface area contributed by atoms with Crippen molar-refractivity contribution >= 4 is 44.8 Å². The number of halogens is 4. The van der Waals surface area contributed by atoms with Crippen LogP contribution < -0.4 is 15.2 Å². The standard InChI is InChI=1S/C20H14Cl2F2N2O4S/c21-12-2-1-3-14(8-12)30-18-5-4-13(9-19(18)31(25,28)29)26-20(27)7-11-6-16(23)17(24)10-15(11)22/h1-6,8-10H,7H2,(H,26,27)(H2,25,28,29). The first-order valence-electron chi connectivity index (χ1n) is 8.56. The van der Waals surface area contributed by atoms with Crippen molar-refractivity contribution in [3.63, 3.8) is 0 Å². The first-order chi connectivity index (χ1) is 14.5. The van der Waals surface area contributed by atoms with E-state index in [1.807, 2.05) is 0 Å². The van der Waals surface area contributed by atoms with Crippen molar-refractivity contribution in [3.05, 3.63) is 81.8 Å². The van der Waals surface area contributed by atoms with Gasteiger partial charge in [-0.2, -0.15) is 0 Å². The fourth-order valence-corrected chi connectivity index (χ4v) is 3.71. The van der Waals surface area contributed by atoms with Crippen LogP contribution in [0.5, 0.6) is 11.5 Å². The maximum Gasteiger partial charge on any atom is 0.241 e. The van der Waals surface area contributed by atoms with Gasteiger partial charge in [0.2, 0.25) is 15.9 Å². The van der Waals surface area contributed by atoms with E-state index in [1.165, 1.54) is 18.2 Å². The van der Waals surface area contributed by atoms with E-state index in [9.17, 15) is 22.0 Å². The van der Waals surface area contributed by atoms with E-state index in [1.54, 1.807) is 18.2 Å². The summed E-state index contributed by atoms with van der Waals surface area (Å²) in [6, 6.07) is 11.7. The van der Waals surface area contributed by atoms with Crippen LogP contribution in [0.2, 0.25) is 10.0 Å². The number of ether oxygens (including phenoxy) is 1. The molecule has 0 aliphatic rings. The van der Waals surface area contributed by atoms with Gasteiger partial charge in [0.15, 0.2) is 11.6 Å². The van der Waals surface area contributed by atoms with Gasteiger partial charge in [-0.3, -0.25) is 4.79 Å². The van der Waals surface area contributed by atoms with E-state index in [-0.39, 0.29) is 39.1 Å². The molecule has 11 heteroatoms. The lowest BCUT2D eigenvalue weighted by molar-refractivity contribution is -0.115. The molecule has 0 radical (unpaired) electrons. The van der Waals surface area contributed by atoms with Gasteiger partial charge in [-0.25, -0.2) is 22.3 Å². The number of primary sulfonamides is 1. The molecule has 0 bridgehead atoms. The van der Waals surface area contributed by atoms with E-state index in [0.29, 0.717) is 5.02 Å². The predicted molar refractivity (Wildman–Crippen MR) is 113 cm³/mol. The van der Waals surface area contributed by atoms with E-state index in [0.717, 1.165) is 18.2 Å². The van der Waals surface area contributed by atoms with E-state index >= 15 is 0 Å². The first kappa shape index (κ1) is 23.0. The number of benzene rings is 3. The minimum Gasteiger partial charge on any atom is -0.456 e. The lowest BCUT2D eigenvalue weighted by Crippen LogP contribution is -2.17. The number of nitrogens with one attached hydrogen (secondary N) is 1. The molecule has 0 aliphatic carbocycles. The van der Waals surface area contributed by atoms with Crippen molar-refractivity contribution in [2.75, 3.05) is 5.32 Å². The Labute approximate surface area is 186 Å². The molecular formula is C20H14Cl2F2N2O4S. The summed E-state index contributed by atoms with van der Waals surface area (Å²) >= 11 is 11.7. The molecule has 162 valence electrons. The molecule has 0 spiro atoms. The second-order valence-corrected chi connectivity index (χ2v) is 8.72. The number of hydrogen-bond donors (Lipinski definition) is 2. The molecule has 31 heavy (non-hydrogen) atoms. The van der Waals surface area contributed by atoms with Gasteiger partial charge in [0.05, 0.1) is 6.42 Å². The van der Waals surface area contributed by atoms with E-state index < -0.39 is 27.6 Å². The maximum absolute atomic E-state index is 13.4. The molecule has 0 atom stereocenters. The average Bonchev–Trinajstić information content (AvgIpc) is 2.66. The monoisotopic (exact) mass is 486 g/mol. The number of anilines is 1. The first-order valence-corrected chi connectivity index (χ1v) is 10.9. The number of sulfonamides is 1. The van der Waals surface area contributed by atoms with Gasteiger partial charge in [0.1, 0.15) is 16.4 Å². The van der Waals surface area contributed by atoms with E-state index in [4.69, 9.17) is 33.1 Å². The molecular weight excluding hydrogens is 473 g/mol. The zero-order valence-corrected chi connectivity index (χ0v) is 17.9. The Morgan fingerprint density at radius 1 is 1.03 bits per heavy atom. The van der Waals surface area contributed by atoms with Crippen LogP contribution in [-0.2, 0) is 21.2 Å². The normalized spacial score (nSPS) is 11.3. The van der Waals surface area contributed by atoms with Gasteiger partial charge in [-0.1, -0.05) is 29.3 Å². The summed E-state index contributed by atoms with van der Waals surface area (Å²) in [6.07, 6.45) is -0.374. The highest BCUT2D eigenvalue weighted by Gasteiger charge is 2.19. The lowest BCUT2D eigenvalue weighted by atomic mass is 10.1. The van der Waals surface area contributed by atoms with Gasteiger partial charge in [-0.15, -0.1) is 0 Å². The molecule has 3 aromatic rings. The quantitative estimate of drug-likeness (QED) is 0.484. The summed E-state index contributed by atoms with van der Waals surface area (Å²) in [6.45, 7) is 0. The van der Waals surface area contributed by atoms with E-state index in [2.05, 4.69) is 5.32 Å². The van der Waals surface area contributed by atoms with Crippen molar-refractivity contribution in [1.29, 1.82) is 0 Å². The van der Waals surface area contributed by atoms with Gasteiger partial charge in [0.25, 0.3) is 0 Å². The number of nitrogens with two attached hydrogens (primary N) is 1. The van der Waals surface area contributed by atoms with Crippen LogP contribution in [-0.4, -0.2) is 14.3 Å². The summed E-state index contributed by atoms with van der Waals surface area (Å²) < 4.78 is 56.2. The van der Waals surface area contributed by atoms with Crippen LogP contribution in [0.4, 0.5) is 14.5 Å². The van der Waals surface area contributed by atoms with Crippen LogP contribution in [0.15, 0.2) is 59.5 Å². The molecule has 0 fully saturated rings. The maximum atomic E-state index is 13.4. The Morgan fingerprint density at radius 2 is 1.74 bits per heavy atom. The Morgan fingerprint density at radius 3 is 2.42 bits per heavy atom. The Kier molecular flexibility index (Phi) is 6.80. The molecule has 3 aromatic carbocycles. The second kappa shape index (κ2) is 9.19. The van der Waals surface area contributed by atoms with Crippen molar-refractivity contribution in [2.24, 2.45) is 5.14 Å². The summed E-state index contributed by atoms with van der Waals surface area (Å²) in [5.74, 6) is -2.72. The third-order valence-electron chi connectivity index (χ3n) is 4.00. The number of amides is 1. The Balaban J connectivity index is 1.84. The van der Waals surface area contributed by atoms with Gasteiger partial charge in [0, 0.05) is 15.7 Å². The largest absolute Gasteiger partial charge is 0.456 e. The molecule has 3 rings (SSSR count). The SMILES string of the molecule is NS(=O)(=O)c1cc(NC(=O)Cc2cc(F)c(F)cc2Cl)ccc1Oc1cccc(Cl)c1. The Hall–Kier alpha value is -2.72. The van der Waals surface area contributed by atoms with Crippen LogP contribution in [0.1, 0.15) is 5.56 Å². The summed E-state index contributed by atoms with van der Waals surface area (Å²) in [5.41, 5.74) is 0.150. The van der Waals surface area contributed by atoms with Crippen molar-refractivity contribution < 1.29 is 26.7 Å². The van der Waals surface area contributed by atoms with Crippen LogP contribution in [0.3, 0.4) is 0 Å². The number of carbonyl (C=O) groups is 1. The number of carbonyl (C=O) groups excluding carboxylic acids is 1. The van der Waals surface area contributed by atoms with Crippen molar-refractivity contribution in [1.82, 2.24) is 0 Å². The topological polar surface area (TPSA) is 98.5 Å². The van der Waals surface area contributed by atoms with Gasteiger partial charge < -0.3 is 10.1 Å². The second-order valence-electron chi connectivity index (χ2n) is 6.35. The molecule has 0 aliphatic heterocycles. The molecule has 3 N–H and O–H groups in total. The molecule has 0 heterocycles. The minimum atomic E-state index is -4.22. The van der Waals surface area contributed by atoms with Crippen molar-refractivity contribution in [2.45, 2.75) is 11.3 Å². The average molecular weight is 487 g/mol. The molecule has 0 saturated heterocycles. The zero-order valence-electron chi connectivity index (χ0n) is 15.5. The van der Waals surface area contributed by atoms with Gasteiger partial charge in [-0.05, 0) is 54.1 Å². The third kappa shape index (κ3) is 5.92. The fraction of sp³-hybridized carbons (Fsp3) is 0.0500. The number of rotatable bonds is 6. The highest BCUT2D eigenvalue weighted by molar-refractivity contribution is 7.89. The van der Waals surface area contributed by atoms with Crippen LogP contribution in [0, 0.1) is 11.6 Å². The minimum absolute atomic E-state index is 0.0608. The molecule has 0 saturated carbocycles. The smallest absolute Gasteiger partial charge is 0.241 e. The summed E-state index contributed by atoms with van der Waals surface area (Å²) in [4.78, 5) is 11.9. The fourth-order valence-electron chi connectivity index (χ4n) is 2.63. The summed E-state index contributed by atoms with van der Waals surface area (Å²) in [7, 11) is -4.22. The van der Waals surface area contributed by atoms with Crippen LogP contribution >= 0.6 is 23.2 Å². The lowest BCUT2D eigenvalue weighted by Gasteiger charge is -2.13. The molecule has 0 aromatic heterocycles. The third-order valence-corrected chi connectivity index (χ3v) is 5.52. The highest BCUT2D eigenvalue weighted by Crippen LogP contribution is 2.32. The predicted octanol–water partition coefficient (Wildman–Crippen LogP) is 4.89. The highest BCUT2D eigenvalue weighted by atomic mass is 35.5. The molecule has 6 nitrogen and oxygen atoms in total. The van der Waals surface area contributed by atoms with Gasteiger partial charge >= 0.3 is 0 Å². The Bertz CT molecular complexity index is 1270. The van der Waals surface area contributed by atoms with Crippen molar-refractivity contribution in [3.8, 4) is 11.5 Å². The zero-order chi connectivity index (χ0) is 22.8. The summed E-state index contributed by atoms with van der Waals surface area (Å²) in [5, 5.41) is 7.99. The number of hydrogen-bond acceptors (Lipinski definition) is 4.